The largest absolute Gasteiger partial charge is 0.332 e. The molecule has 0 aliphatic carbocycles. The standard InChI is InChI=1S/C13H12F2N4O/c1-8-4-10(18-7-17-8)6-16-13(20)19-9-2-3-11(14)12(15)5-9/h2-5,7H,6H2,1H3,(H2,16,19,20). The minimum absolute atomic E-state index is 0.167. The zero-order chi connectivity index (χ0) is 14.5. The summed E-state index contributed by atoms with van der Waals surface area (Å²) in [5, 5.41) is 4.95. The van der Waals surface area contributed by atoms with E-state index in [0.29, 0.717) is 5.69 Å². The highest BCUT2D eigenvalue weighted by Crippen LogP contribution is 2.12. The van der Waals surface area contributed by atoms with Gasteiger partial charge in [0.2, 0.25) is 0 Å². The van der Waals surface area contributed by atoms with Crippen LogP contribution in [0.1, 0.15) is 11.4 Å². The van der Waals surface area contributed by atoms with Crippen molar-refractivity contribution in [3.63, 3.8) is 0 Å². The number of benzene rings is 1. The van der Waals surface area contributed by atoms with Gasteiger partial charge in [-0.3, -0.25) is 0 Å². The lowest BCUT2D eigenvalue weighted by Crippen LogP contribution is -2.28. The van der Waals surface area contributed by atoms with Gasteiger partial charge >= 0.3 is 6.03 Å². The van der Waals surface area contributed by atoms with Crippen molar-refractivity contribution in [2.75, 3.05) is 5.32 Å². The maximum atomic E-state index is 13.0. The molecule has 0 unspecified atom stereocenters. The molecule has 0 fully saturated rings. The van der Waals surface area contributed by atoms with E-state index in [2.05, 4.69) is 20.6 Å². The van der Waals surface area contributed by atoms with E-state index in [4.69, 9.17) is 0 Å². The molecule has 7 heteroatoms. The summed E-state index contributed by atoms with van der Waals surface area (Å²) in [5.74, 6) is -1.98. The molecule has 5 nitrogen and oxygen atoms in total. The highest BCUT2D eigenvalue weighted by atomic mass is 19.2. The van der Waals surface area contributed by atoms with Gasteiger partial charge in [0.15, 0.2) is 11.6 Å². The number of carbonyl (C=O) groups excluding carboxylic acids is 1. The molecule has 0 aliphatic rings. The van der Waals surface area contributed by atoms with Gasteiger partial charge in [-0.05, 0) is 25.1 Å². The van der Waals surface area contributed by atoms with E-state index in [-0.39, 0.29) is 12.2 Å². The maximum absolute atomic E-state index is 13.0. The van der Waals surface area contributed by atoms with Crippen molar-refractivity contribution in [1.82, 2.24) is 15.3 Å². The van der Waals surface area contributed by atoms with Crippen LogP contribution in [0.4, 0.5) is 19.3 Å². The average molecular weight is 278 g/mol. The molecule has 0 atom stereocenters. The van der Waals surface area contributed by atoms with Gasteiger partial charge in [-0.25, -0.2) is 23.5 Å². The summed E-state index contributed by atoms with van der Waals surface area (Å²) in [5.41, 5.74) is 1.61. The van der Waals surface area contributed by atoms with E-state index < -0.39 is 17.7 Å². The predicted molar refractivity (Wildman–Crippen MR) is 69.0 cm³/mol. The van der Waals surface area contributed by atoms with E-state index in [1.807, 2.05) is 6.92 Å². The molecule has 2 N–H and O–H groups in total. The van der Waals surface area contributed by atoms with Gasteiger partial charge in [-0.15, -0.1) is 0 Å². The zero-order valence-electron chi connectivity index (χ0n) is 10.7. The third-order valence-corrected chi connectivity index (χ3v) is 2.47. The summed E-state index contributed by atoms with van der Waals surface area (Å²) >= 11 is 0. The Morgan fingerprint density at radius 3 is 2.70 bits per heavy atom. The number of aryl methyl sites for hydroxylation is 1. The van der Waals surface area contributed by atoms with Crippen LogP contribution in [0.15, 0.2) is 30.6 Å². The number of hydrogen-bond donors (Lipinski definition) is 2. The SMILES string of the molecule is Cc1cc(CNC(=O)Nc2ccc(F)c(F)c2)ncn1. The topological polar surface area (TPSA) is 66.9 Å². The Morgan fingerprint density at radius 1 is 1.20 bits per heavy atom. The molecular weight excluding hydrogens is 266 g/mol. The third kappa shape index (κ3) is 3.71. The molecule has 2 amide bonds. The Kier molecular flexibility index (Phi) is 4.19. The zero-order valence-corrected chi connectivity index (χ0v) is 10.7. The number of nitrogens with one attached hydrogen (secondary N) is 2. The molecule has 2 aromatic rings. The molecule has 1 aromatic carbocycles. The van der Waals surface area contributed by atoms with E-state index >= 15 is 0 Å². The van der Waals surface area contributed by atoms with Gasteiger partial charge in [-0.2, -0.15) is 0 Å². The van der Waals surface area contributed by atoms with Crippen molar-refractivity contribution >= 4 is 11.7 Å². The molecule has 0 saturated carbocycles. The molecule has 20 heavy (non-hydrogen) atoms. The van der Waals surface area contributed by atoms with Gasteiger partial charge in [-0.1, -0.05) is 0 Å². The first-order valence-corrected chi connectivity index (χ1v) is 5.82. The quantitative estimate of drug-likeness (QED) is 0.905. The summed E-state index contributed by atoms with van der Waals surface area (Å²) in [7, 11) is 0. The van der Waals surface area contributed by atoms with Crippen LogP contribution in [0.3, 0.4) is 0 Å². The van der Waals surface area contributed by atoms with Gasteiger partial charge in [0.25, 0.3) is 0 Å². The molecule has 0 saturated heterocycles. The number of anilines is 1. The molecule has 1 heterocycles. The van der Waals surface area contributed by atoms with Gasteiger partial charge < -0.3 is 10.6 Å². The number of carbonyl (C=O) groups is 1. The lowest BCUT2D eigenvalue weighted by molar-refractivity contribution is 0.251. The predicted octanol–water partition coefficient (Wildman–Crippen LogP) is 2.38. The van der Waals surface area contributed by atoms with Crippen LogP contribution in [0, 0.1) is 18.6 Å². The fourth-order valence-corrected chi connectivity index (χ4v) is 1.53. The fourth-order valence-electron chi connectivity index (χ4n) is 1.53. The van der Waals surface area contributed by atoms with Crippen molar-refractivity contribution in [3.8, 4) is 0 Å². The van der Waals surface area contributed by atoms with Crippen LogP contribution in [-0.4, -0.2) is 16.0 Å². The number of aromatic nitrogens is 2. The summed E-state index contributed by atoms with van der Waals surface area (Å²) < 4.78 is 25.7. The number of nitrogens with zero attached hydrogens (tertiary/aromatic N) is 2. The summed E-state index contributed by atoms with van der Waals surface area (Å²) in [4.78, 5) is 19.5. The highest BCUT2D eigenvalue weighted by Gasteiger charge is 2.06. The second-order valence-electron chi connectivity index (χ2n) is 4.09. The Balaban J connectivity index is 1.91. The van der Waals surface area contributed by atoms with Crippen molar-refractivity contribution in [1.29, 1.82) is 0 Å². The molecule has 0 bridgehead atoms. The molecule has 1 aromatic heterocycles. The van der Waals surface area contributed by atoms with Crippen LogP contribution >= 0.6 is 0 Å². The molecule has 2 rings (SSSR count). The number of hydrogen-bond acceptors (Lipinski definition) is 3. The summed E-state index contributed by atoms with van der Waals surface area (Å²) in [6, 6.07) is 4.32. The molecule has 0 spiro atoms. The first-order valence-electron chi connectivity index (χ1n) is 5.82. The second kappa shape index (κ2) is 6.05. The van der Waals surface area contributed by atoms with Crippen LogP contribution in [0.5, 0.6) is 0 Å². The minimum Gasteiger partial charge on any atom is -0.332 e. The molecule has 0 aliphatic heterocycles. The second-order valence-corrected chi connectivity index (χ2v) is 4.09. The van der Waals surface area contributed by atoms with Gasteiger partial charge in [0.05, 0.1) is 12.2 Å². The fraction of sp³-hybridized carbons (Fsp3) is 0.154. The Hall–Kier alpha value is -2.57. The van der Waals surface area contributed by atoms with Crippen LogP contribution in [0.25, 0.3) is 0 Å². The Morgan fingerprint density at radius 2 is 2.00 bits per heavy atom. The van der Waals surface area contributed by atoms with Gasteiger partial charge in [0.1, 0.15) is 6.33 Å². The Labute approximate surface area is 114 Å². The van der Waals surface area contributed by atoms with E-state index in [1.165, 1.54) is 12.4 Å². The van der Waals surface area contributed by atoms with Crippen molar-refractivity contribution in [2.24, 2.45) is 0 Å². The third-order valence-electron chi connectivity index (χ3n) is 2.47. The summed E-state index contributed by atoms with van der Waals surface area (Å²) in [6.45, 7) is 2.02. The minimum atomic E-state index is -1.02. The van der Waals surface area contributed by atoms with Gasteiger partial charge in [0, 0.05) is 17.4 Å². The van der Waals surface area contributed by atoms with Crippen LogP contribution < -0.4 is 10.6 Å². The summed E-state index contributed by atoms with van der Waals surface area (Å²) in [6.07, 6.45) is 1.40. The van der Waals surface area contributed by atoms with Crippen LogP contribution in [0.2, 0.25) is 0 Å². The maximum Gasteiger partial charge on any atom is 0.319 e. The molecule has 104 valence electrons. The highest BCUT2D eigenvalue weighted by molar-refractivity contribution is 5.89. The molecule has 0 radical (unpaired) electrons. The monoisotopic (exact) mass is 278 g/mol. The first-order chi connectivity index (χ1) is 9.54. The van der Waals surface area contributed by atoms with E-state index in [0.717, 1.165) is 17.8 Å². The number of halogens is 2. The number of amides is 2. The van der Waals surface area contributed by atoms with Crippen LogP contribution in [-0.2, 0) is 6.54 Å². The molecular formula is C13H12F2N4O. The van der Waals surface area contributed by atoms with Crippen molar-refractivity contribution in [3.05, 3.63) is 53.6 Å². The van der Waals surface area contributed by atoms with Crippen molar-refractivity contribution in [2.45, 2.75) is 13.5 Å². The smallest absolute Gasteiger partial charge is 0.319 e. The lowest BCUT2D eigenvalue weighted by atomic mass is 10.3. The van der Waals surface area contributed by atoms with E-state index in [1.54, 1.807) is 6.07 Å². The number of urea groups is 1. The van der Waals surface area contributed by atoms with Crippen molar-refractivity contribution < 1.29 is 13.6 Å². The first kappa shape index (κ1) is 13.9. The normalized spacial score (nSPS) is 10.2. The lowest BCUT2D eigenvalue weighted by Gasteiger charge is -2.07. The Bertz CT molecular complexity index is 634. The average Bonchev–Trinajstić information content (AvgIpc) is 2.41. The van der Waals surface area contributed by atoms with E-state index in [9.17, 15) is 13.6 Å². The number of rotatable bonds is 3.